The molecule has 7 rings (SSSR count). The molecule has 7 atom stereocenters. The van der Waals surface area contributed by atoms with Crippen LogP contribution >= 0.6 is 0 Å². The SMILES string of the molecule is CC(C)(C)OC(=O)CC[C@@H](CO)NC(=O)C1=C[C@H]2OC(c3ccccc3)(c3ccccc3)O[C@H]2[C@H](OC(=O)c2ccccc2C=CC2CCC3OC3C2)C1. The summed E-state index contributed by atoms with van der Waals surface area (Å²) in [5.74, 6) is -2.40. The van der Waals surface area contributed by atoms with Gasteiger partial charge in [0.25, 0.3) is 0 Å². The van der Waals surface area contributed by atoms with Crippen molar-refractivity contribution in [1.29, 1.82) is 0 Å². The van der Waals surface area contributed by atoms with Gasteiger partial charge in [0, 0.05) is 29.5 Å². The van der Waals surface area contributed by atoms with Crippen LogP contribution in [0, 0.1) is 5.92 Å². The first-order chi connectivity index (χ1) is 26.0. The summed E-state index contributed by atoms with van der Waals surface area (Å²) < 4.78 is 31.1. The van der Waals surface area contributed by atoms with Crippen molar-refractivity contribution in [3.8, 4) is 0 Å². The van der Waals surface area contributed by atoms with Crippen LogP contribution in [0.3, 0.4) is 0 Å². The summed E-state index contributed by atoms with van der Waals surface area (Å²) in [7, 11) is 0. The van der Waals surface area contributed by atoms with Crippen LogP contribution in [0.1, 0.15) is 86.3 Å². The molecule has 2 saturated heterocycles. The van der Waals surface area contributed by atoms with E-state index in [0.717, 1.165) is 36.0 Å². The molecule has 10 nitrogen and oxygen atoms in total. The lowest BCUT2D eigenvalue weighted by Crippen LogP contribution is -2.45. The minimum Gasteiger partial charge on any atom is -0.460 e. The number of nitrogens with one attached hydrogen (secondary N) is 1. The number of allylic oxidation sites excluding steroid dienone is 1. The predicted molar refractivity (Wildman–Crippen MR) is 201 cm³/mol. The van der Waals surface area contributed by atoms with Crippen molar-refractivity contribution in [2.75, 3.05) is 6.61 Å². The second kappa shape index (κ2) is 16.0. The van der Waals surface area contributed by atoms with Gasteiger partial charge in [-0.25, -0.2) is 4.79 Å². The highest BCUT2D eigenvalue weighted by atomic mass is 16.8. The van der Waals surface area contributed by atoms with Gasteiger partial charge in [-0.2, -0.15) is 0 Å². The van der Waals surface area contributed by atoms with Crippen LogP contribution in [-0.4, -0.2) is 71.7 Å². The summed E-state index contributed by atoms with van der Waals surface area (Å²) in [5, 5.41) is 13.0. The zero-order chi connectivity index (χ0) is 37.9. The molecule has 1 amide bonds. The minimum atomic E-state index is -1.35. The Hall–Kier alpha value is -4.61. The molecule has 3 fully saturated rings. The van der Waals surface area contributed by atoms with Crippen molar-refractivity contribution in [3.05, 3.63) is 125 Å². The van der Waals surface area contributed by atoms with Crippen molar-refractivity contribution in [3.63, 3.8) is 0 Å². The highest BCUT2D eigenvalue weighted by Crippen LogP contribution is 2.47. The van der Waals surface area contributed by atoms with Crippen LogP contribution in [-0.2, 0) is 39.1 Å². The number of amides is 1. The normalized spacial score (nSPS) is 26.2. The summed E-state index contributed by atoms with van der Waals surface area (Å²) in [4.78, 5) is 40.4. The first kappa shape index (κ1) is 37.7. The average molecular weight is 736 g/mol. The summed E-state index contributed by atoms with van der Waals surface area (Å²) in [5.41, 5.74) is 2.31. The number of carbonyl (C=O) groups excluding carboxylic acids is 3. The van der Waals surface area contributed by atoms with Crippen molar-refractivity contribution in [1.82, 2.24) is 5.32 Å². The fourth-order valence-corrected chi connectivity index (χ4v) is 7.64. The van der Waals surface area contributed by atoms with Gasteiger partial charge >= 0.3 is 11.9 Å². The molecule has 10 heteroatoms. The van der Waals surface area contributed by atoms with Gasteiger partial charge < -0.3 is 34.1 Å². The molecule has 0 aromatic heterocycles. The van der Waals surface area contributed by atoms with Crippen molar-refractivity contribution in [2.24, 2.45) is 5.92 Å². The lowest BCUT2D eigenvalue weighted by atomic mass is 9.88. The largest absolute Gasteiger partial charge is 0.460 e. The molecule has 3 unspecified atom stereocenters. The maximum atomic E-state index is 14.1. The molecule has 54 heavy (non-hydrogen) atoms. The Balaban J connectivity index is 1.15. The number of esters is 2. The van der Waals surface area contributed by atoms with E-state index in [1.165, 1.54) is 0 Å². The van der Waals surface area contributed by atoms with Crippen molar-refractivity contribution < 1.29 is 43.2 Å². The van der Waals surface area contributed by atoms with Crippen LogP contribution in [0.15, 0.2) is 103 Å². The lowest BCUT2D eigenvalue weighted by molar-refractivity contribution is -0.157. The fourth-order valence-electron chi connectivity index (χ4n) is 7.64. The van der Waals surface area contributed by atoms with Crippen LogP contribution in [0.4, 0.5) is 0 Å². The van der Waals surface area contributed by atoms with Crippen LogP contribution < -0.4 is 5.32 Å². The Morgan fingerprint density at radius 3 is 2.28 bits per heavy atom. The number of hydrogen-bond donors (Lipinski definition) is 2. The monoisotopic (exact) mass is 735 g/mol. The molecule has 3 aromatic carbocycles. The second-order valence-corrected chi connectivity index (χ2v) is 15.6. The van der Waals surface area contributed by atoms with Gasteiger partial charge in [0.1, 0.15) is 23.9 Å². The standard InChI is InChI=1S/C44H49NO9/c1-43(2,3)53-39(47)23-21-33(27-46)45-41(48)30-25-37(51-42(49)34-17-11-10-12-29(34)20-18-28-19-22-35-36(24-28)50-35)40-38(26-30)52-44(54-40,31-13-6-4-7-14-31)32-15-8-5-9-16-32/h4-18,20,26,28,33,35-38,40,46H,19,21-25,27H2,1-3H3,(H,45,48)/t28?,33-,35?,36?,37+,38+,40-/m0/s1. The molecule has 4 aliphatic rings. The van der Waals surface area contributed by atoms with Gasteiger partial charge in [0.2, 0.25) is 11.7 Å². The summed E-state index contributed by atoms with van der Waals surface area (Å²) in [6, 6.07) is 25.7. The molecule has 1 saturated carbocycles. The quantitative estimate of drug-likeness (QED) is 0.160. The molecule has 2 heterocycles. The molecule has 0 spiro atoms. The summed E-state index contributed by atoms with van der Waals surface area (Å²) in [6.07, 6.45) is 7.50. The first-order valence-corrected chi connectivity index (χ1v) is 19.0. The second-order valence-electron chi connectivity index (χ2n) is 15.6. The topological polar surface area (TPSA) is 133 Å². The van der Waals surface area contributed by atoms with E-state index in [-0.39, 0.29) is 25.9 Å². The molecule has 284 valence electrons. The molecule has 2 N–H and O–H groups in total. The Kier molecular flexibility index (Phi) is 11.2. The fraction of sp³-hybridized carbons (Fsp3) is 0.432. The van der Waals surface area contributed by atoms with E-state index in [1.807, 2.05) is 78.9 Å². The smallest absolute Gasteiger partial charge is 0.339 e. The van der Waals surface area contributed by atoms with Gasteiger partial charge in [-0.3, -0.25) is 9.59 Å². The van der Waals surface area contributed by atoms with Crippen molar-refractivity contribution in [2.45, 2.75) is 107 Å². The van der Waals surface area contributed by atoms with Gasteiger partial charge in [-0.05, 0) is 70.1 Å². The van der Waals surface area contributed by atoms with Gasteiger partial charge in [-0.1, -0.05) is 91.0 Å². The highest BCUT2D eigenvalue weighted by molar-refractivity contribution is 5.95. The maximum absolute atomic E-state index is 14.1. The Morgan fingerprint density at radius 2 is 1.61 bits per heavy atom. The molecule has 3 aromatic rings. The number of aliphatic hydroxyl groups is 1. The van der Waals surface area contributed by atoms with E-state index in [4.69, 9.17) is 23.7 Å². The number of fused-ring (bicyclic) bond motifs is 2. The third kappa shape index (κ3) is 8.68. The van der Waals surface area contributed by atoms with Gasteiger partial charge in [0.05, 0.1) is 30.4 Å². The van der Waals surface area contributed by atoms with Crippen LogP contribution in [0.25, 0.3) is 6.08 Å². The Morgan fingerprint density at radius 1 is 0.926 bits per heavy atom. The summed E-state index contributed by atoms with van der Waals surface area (Å²) in [6.45, 7) is 4.97. The van der Waals surface area contributed by atoms with Crippen LogP contribution in [0.2, 0.25) is 0 Å². The van der Waals surface area contributed by atoms with Crippen LogP contribution in [0.5, 0.6) is 0 Å². The number of carbonyl (C=O) groups is 3. The zero-order valence-corrected chi connectivity index (χ0v) is 31.0. The van der Waals surface area contributed by atoms with E-state index >= 15 is 0 Å². The predicted octanol–water partition coefficient (Wildman–Crippen LogP) is 6.41. The molecular weight excluding hydrogens is 686 g/mol. The third-order valence-electron chi connectivity index (χ3n) is 10.4. The molecule has 0 radical (unpaired) electrons. The Bertz CT molecular complexity index is 1830. The first-order valence-electron chi connectivity index (χ1n) is 19.0. The number of epoxide rings is 1. The molecule has 0 bridgehead atoms. The Labute approximate surface area is 316 Å². The number of ether oxygens (including phenoxy) is 5. The maximum Gasteiger partial charge on any atom is 0.339 e. The number of aliphatic hydroxyl groups excluding tert-OH is 1. The third-order valence-corrected chi connectivity index (χ3v) is 10.4. The van der Waals surface area contributed by atoms with Gasteiger partial charge in [-0.15, -0.1) is 0 Å². The molecule has 2 aliphatic carbocycles. The van der Waals surface area contributed by atoms with E-state index < -0.39 is 53.6 Å². The minimum absolute atomic E-state index is 0.0177. The average Bonchev–Trinajstić information content (AvgIpc) is 3.84. The number of hydrogen-bond acceptors (Lipinski definition) is 9. The lowest BCUT2D eigenvalue weighted by Gasteiger charge is -2.31. The highest BCUT2D eigenvalue weighted by Gasteiger charge is 2.55. The molecular formula is C44H49NO9. The number of rotatable bonds is 12. The van der Waals surface area contributed by atoms with E-state index in [2.05, 4.69) is 11.4 Å². The van der Waals surface area contributed by atoms with Gasteiger partial charge in [0.15, 0.2) is 0 Å². The van der Waals surface area contributed by atoms with E-state index in [1.54, 1.807) is 39.0 Å². The summed E-state index contributed by atoms with van der Waals surface area (Å²) >= 11 is 0. The molecule has 2 aliphatic heterocycles. The zero-order valence-electron chi connectivity index (χ0n) is 31.0. The van der Waals surface area contributed by atoms with E-state index in [0.29, 0.717) is 29.3 Å². The van der Waals surface area contributed by atoms with E-state index in [9.17, 15) is 19.5 Å². The number of benzene rings is 3. The van der Waals surface area contributed by atoms with Crippen molar-refractivity contribution >= 4 is 23.9 Å².